The molecule has 1 aromatic carbocycles. The van der Waals surface area contributed by atoms with Gasteiger partial charge in [0.2, 0.25) is 0 Å². The van der Waals surface area contributed by atoms with Crippen molar-refractivity contribution >= 4 is 15.9 Å². The molecule has 1 aromatic rings. The lowest BCUT2D eigenvalue weighted by molar-refractivity contribution is 0.185. The minimum absolute atomic E-state index is 0.209. The van der Waals surface area contributed by atoms with Crippen LogP contribution in [-0.4, -0.2) is 6.04 Å². The van der Waals surface area contributed by atoms with E-state index in [1.165, 1.54) is 37.8 Å². The molecular formula is C15H22BrFN2. The molecule has 1 atom stereocenters. The van der Waals surface area contributed by atoms with Gasteiger partial charge in [0.15, 0.2) is 0 Å². The van der Waals surface area contributed by atoms with Gasteiger partial charge in [0.25, 0.3) is 0 Å². The Morgan fingerprint density at radius 3 is 2.63 bits per heavy atom. The largest absolute Gasteiger partial charge is 0.271 e. The zero-order valence-electron chi connectivity index (χ0n) is 11.4. The minimum atomic E-state index is -0.209. The molecule has 19 heavy (non-hydrogen) atoms. The topological polar surface area (TPSA) is 38.0 Å². The number of benzene rings is 1. The quantitative estimate of drug-likeness (QED) is 0.634. The molecule has 1 fully saturated rings. The molecule has 106 valence electrons. The number of nitrogens with two attached hydrogens (primary N) is 1. The predicted octanol–water partition coefficient (Wildman–Crippen LogP) is 3.93. The summed E-state index contributed by atoms with van der Waals surface area (Å²) < 4.78 is 14.0. The maximum absolute atomic E-state index is 13.1. The molecular weight excluding hydrogens is 307 g/mol. The van der Waals surface area contributed by atoms with Crippen molar-refractivity contribution in [2.45, 2.75) is 51.5 Å². The van der Waals surface area contributed by atoms with E-state index >= 15 is 0 Å². The first-order chi connectivity index (χ1) is 9.11. The highest BCUT2D eigenvalue weighted by atomic mass is 79.9. The zero-order valence-corrected chi connectivity index (χ0v) is 13.0. The molecule has 3 N–H and O–H groups in total. The summed E-state index contributed by atoms with van der Waals surface area (Å²) in [4.78, 5) is 0. The molecule has 0 aliphatic heterocycles. The summed E-state index contributed by atoms with van der Waals surface area (Å²) in [6.07, 6.45) is 7.02. The predicted molar refractivity (Wildman–Crippen MR) is 80.1 cm³/mol. The Morgan fingerprint density at radius 2 is 2.11 bits per heavy atom. The molecule has 2 nitrogen and oxygen atoms in total. The normalized spacial score (nSPS) is 19.6. The van der Waals surface area contributed by atoms with Crippen molar-refractivity contribution in [3.8, 4) is 0 Å². The van der Waals surface area contributed by atoms with E-state index in [9.17, 15) is 4.39 Å². The summed E-state index contributed by atoms with van der Waals surface area (Å²) in [6.45, 7) is 2.25. The van der Waals surface area contributed by atoms with Gasteiger partial charge in [0, 0.05) is 10.5 Å². The molecule has 0 amide bonds. The number of nitrogens with one attached hydrogen (secondary N) is 1. The van der Waals surface area contributed by atoms with E-state index in [0.717, 1.165) is 22.9 Å². The average molecular weight is 329 g/mol. The Hall–Kier alpha value is -0.450. The summed E-state index contributed by atoms with van der Waals surface area (Å²) in [7, 11) is 0. The van der Waals surface area contributed by atoms with Crippen molar-refractivity contribution in [1.29, 1.82) is 0 Å². The van der Waals surface area contributed by atoms with Crippen molar-refractivity contribution in [1.82, 2.24) is 5.43 Å². The van der Waals surface area contributed by atoms with Gasteiger partial charge in [-0.15, -0.1) is 0 Å². The van der Waals surface area contributed by atoms with Gasteiger partial charge in [-0.05, 0) is 48.8 Å². The van der Waals surface area contributed by atoms with Crippen molar-refractivity contribution in [3.05, 3.63) is 34.1 Å². The lowest BCUT2D eigenvalue weighted by atomic mass is 9.74. The van der Waals surface area contributed by atoms with Crippen LogP contribution in [0.4, 0.5) is 4.39 Å². The van der Waals surface area contributed by atoms with Crippen LogP contribution in [0.5, 0.6) is 0 Å². The first-order valence-corrected chi connectivity index (χ1v) is 7.80. The molecule has 1 aliphatic rings. The van der Waals surface area contributed by atoms with Gasteiger partial charge in [0.1, 0.15) is 5.82 Å². The molecule has 0 spiro atoms. The van der Waals surface area contributed by atoms with Gasteiger partial charge < -0.3 is 0 Å². The van der Waals surface area contributed by atoms with Crippen molar-refractivity contribution in [3.63, 3.8) is 0 Å². The zero-order chi connectivity index (χ0) is 13.9. The van der Waals surface area contributed by atoms with Crippen LogP contribution in [0.2, 0.25) is 0 Å². The van der Waals surface area contributed by atoms with E-state index in [2.05, 4.69) is 28.3 Å². The monoisotopic (exact) mass is 328 g/mol. The Morgan fingerprint density at radius 1 is 1.42 bits per heavy atom. The van der Waals surface area contributed by atoms with Crippen LogP contribution in [0.15, 0.2) is 22.7 Å². The van der Waals surface area contributed by atoms with Gasteiger partial charge in [-0.3, -0.25) is 11.3 Å². The number of rotatable bonds is 5. The van der Waals surface area contributed by atoms with E-state index in [1.54, 1.807) is 0 Å². The minimum Gasteiger partial charge on any atom is -0.271 e. The fourth-order valence-corrected chi connectivity index (χ4v) is 3.90. The van der Waals surface area contributed by atoms with Crippen LogP contribution in [-0.2, 0) is 6.42 Å². The van der Waals surface area contributed by atoms with E-state index in [4.69, 9.17) is 5.84 Å². The fraction of sp³-hybridized carbons (Fsp3) is 0.600. The van der Waals surface area contributed by atoms with Gasteiger partial charge in [-0.25, -0.2) is 4.39 Å². The van der Waals surface area contributed by atoms with Crippen LogP contribution in [0.1, 0.15) is 44.6 Å². The van der Waals surface area contributed by atoms with Crippen molar-refractivity contribution < 1.29 is 4.39 Å². The van der Waals surface area contributed by atoms with E-state index in [1.807, 2.05) is 6.07 Å². The second-order valence-corrected chi connectivity index (χ2v) is 6.44. The molecule has 1 unspecified atom stereocenters. The standard InChI is InChI=1S/C15H22BrFN2/c1-2-15(7-3-4-8-15)14(19-18)9-11-5-6-12(17)10-13(11)16/h5-6,10,14,19H,2-4,7-9,18H2,1H3. The molecule has 0 saturated heterocycles. The van der Waals surface area contributed by atoms with E-state index in [-0.39, 0.29) is 11.9 Å². The highest BCUT2D eigenvalue weighted by Gasteiger charge is 2.39. The summed E-state index contributed by atoms with van der Waals surface area (Å²) in [6, 6.07) is 5.14. The SMILES string of the molecule is CCC1(C(Cc2ccc(F)cc2Br)NN)CCCC1. The number of hydrazine groups is 1. The van der Waals surface area contributed by atoms with E-state index in [0.29, 0.717) is 5.41 Å². The maximum Gasteiger partial charge on any atom is 0.124 e. The molecule has 4 heteroatoms. The van der Waals surface area contributed by atoms with Crippen LogP contribution >= 0.6 is 15.9 Å². The lowest BCUT2D eigenvalue weighted by Gasteiger charge is -2.37. The van der Waals surface area contributed by atoms with Crippen LogP contribution in [0.3, 0.4) is 0 Å². The molecule has 2 rings (SSSR count). The Kier molecular flexibility index (Phi) is 4.98. The molecule has 1 aliphatic carbocycles. The summed E-state index contributed by atoms with van der Waals surface area (Å²) in [5.74, 6) is 5.59. The Labute approximate surface area is 123 Å². The summed E-state index contributed by atoms with van der Waals surface area (Å²) in [5.41, 5.74) is 4.42. The van der Waals surface area contributed by atoms with Crippen LogP contribution in [0.25, 0.3) is 0 Å². The maximum atomic E-state index is 13.1. The van der Waals surface area contributed by atoms with E-state index < -0.39 is 0 Å². The number of hydrogen-bond donors (Lipinski definition) is 2. The summed E-state index contributed by atoms with van der Waals surface area (Å²) >= 11 is 3.44. The van der Waals surface area contributed by atoms with Gasteiger partial charge in [-0.1, -0.05) is 41.8 Å². The first kappa shape index (κ1) is 14.9. The smallest absolute Gasteiger partial charge is 0.124 e. The van der Waals surface area contributed by atoms with Crippen molar-refractivity contribution in [2.24, 2.45) is 11.3 Å². The Bertz CT molecular complexity index is 430. The second kappa shape index (κ2) is 6.33. The molecule has 0 aromatic heterocycles. The first-order valence-electron chi connectivity index (χ1n) is 7.01. The van der Waals surface area contributed by atoms with Crippen LogP contribution < -0.4 is 11.3 Å². The highest BCUT2D eigenvalue weighted by Crippen LogP contribution is 2.44. The van der Waals surface area contributed by atoms with Crippen LogP contribution in [0, 0.1) is 11.2 Å². The van der Waals surface area contributed by atoms with Crippen molar-refractivity contribution in [2.75, 3.05) is 0 Å². The number of halogens is 2. The molecule has 0 radical (unpaired) electrons. The summed E-state index contributed by atoms with van der Waals surface area (Å²) in [5, 5.41) is 0. The third-order valence-electron chi connectivity index (χ3n) is 4.68. The average Bonchev–Trinajstić information content (AvgIpc) is 2.88. The lowest BCUT2D eigenvalue weighted by Crippen LogP contribution is -2.48. The third kappa shape index (κ3) is 3.18. The van der Waals surface area contributed by atoms with Gasteiger partial charge in [0.05, 0.1) is 0 Å². The fourth-order valence-electron chi connectivity index (χ4n) is 3.39. The number of hydrogen-bond acceptors (Lipinski definition) is 2. The Balaban J connectivity index is 2.18. The highest BCUT2D eigenvalue weighted by molar-refractivity contribution is 9.10. The van der Waals surface area contributed by atoms with Gasteiger partial charge >= 0.3 is 0 Å². The molecule has 0 heterocycles. The second-order valence-electron chi connectivity index (χ2n) is 5.58. The molecule has 0 bridgehead atoms. The van der Waals surface area contributed by atoms with Gasteiger partial charge in [-0.2, -0.15) is 0 Å². The molecule has 1 saturated carbocycles. The third-order valence-corrected chi connectivity index (χ3v) is 5.42.